The molecule has 2 N–H and O–H groups in total. The number of hydrogen-bond acceptors (Lipinski definition) is 7. The van der Waals surface area contributed by atoms with Crippen molar-refractivity contribution in [1.29, 1.82) is 0 Å². The van der Waals surface area contributed by atoms with Crippen molar-refractivity contribution in [3.8, 4) is 5.75 Å². The van der Waals surface area contributed by atoms with Gasteiger partial charge in [-0.1, -0.05) is 6.58 Å². The molecule has 1 aromatic carbocycles. The van der Waals surface area contributed by atoms with Crippen molar-refractivity contribution in [2.45, 2.75) is 38.8 Å². The van der Waals surface area contributed by atoms with Gasteiger partial charge in [-0.3, -0.25) is 4.79 Å². The van der Waals surface area contributed by atoms with E-state index in [1.807, 2.05) is 6.92 Å². The summed E-state index contributed by atoms with van der Waals surface area (Å²) in [5.41, 5.74) is 1.82. The van der Waals surface area contributed by atoms with Crippen molar-refractivity contribution >= 4 is 26.7 Å². The summed E-state index contributed by atoms with van der Waals surface area (Å²) in [7, 11) is -3.35. The van der Waals surface area contributed by atoms with Gasteiger partial charge in [-0.15, -0.1) is 0 Å². The number of benzene rings is 1. The summed E-state index contributed by atoms with van der Waals surface area (Å²) in [5, 5.41) is 13.1. The van der Waals surface area contributed by atoms with Gasteiger partial charge in [0.25, 0.3) is 0 Å². The molecular formula is C21H25NO7S. The summed E-state index contributed by atoms with van der Waals surface area (Å²) in [4.78, 5) is 24.7. The lowest BCUT2D eigenvalue weighted by molar-refractivity contribution is -0.122. The van der Waals surface area contributed by atoms with Crippen LogP contribution in [0, 0.1) is 6.92 Å². The van der Waals surface area contributed by atoms with Crippen LogP contribution in [-0.2, 0) is 21.1 Å². The molecule has 0 spiro atoms. The molecule has 9 heteroatoms. The van der Waals surface area contributed by atoms with Gasteiger partial charge in [-0.2, -0.15) is 0 Å². The fourth-order valence-electron chi connectivity index (χ4n) is 3.44. The number of aryl methyl sites for hydroxylation is 1. The van der Waals surface area contributed by atoms with Crippen molar-refractivity contribution in [3.63, 3.8) is 0 Å². The first-order valence-corrected chi connectivity index (χ1v) is 11.4. The fraction of sp³-hybridized carbons (Fsp3) is 0.429. The summed E-state index contributed by atoms with van der Waals surface area (Å²) in [5.74, 6) is -0.514. The van der Waals surface area contributed by atoms with Gasteiger partial charge in [-0.25, -0.2) is 13.2 Å². The van der Waals surface area contributed by atoms with Crippen LogP contribution < -0.4 is 15.7 Å². The number of hydrogen-bond donors (Lipinski definition) is 2. The number of fused-ring (bicyclic) bond motifs is 1. The Morgan fingerprint density at radius 3 is 2.73 bits per heavy atom. The van der Waals surface area contributed by atoms with E-state index in [1.54, 1.807) is 25.1 Å². The van der Waals surface area contributed by atoms with Gasteiger partial charge in [-0.05, 0) is 43.5 Å². The Morgan fingerprint density at radius 2 is 2.10 bits per heavy atom. The van der Waals surface area contributed by atoms with Crippen molar-refractivity contribution in [3.05, 3.63) is 51.9 Å². The lowest BCUT2D eigenvalue weighted by Crippen LogP contribution is -2.42. The third-order valence-electron chi connectivity index (χ3n) is 5.02. The standard InChI is InChI=1S/C21H25NO7S/c1-12(2)9-28-14-4-5-15-13(3)16(21(25)29-19(15)8-14)6-7-20(24)22-17-10-30(26,27)11-18(17)23/h4-5,8,17-18,23H,1,6-7,9-11H2,2-3H3,(H,22,24). The minimum atomic E-state index is -3.35. The number of aliphatic hydroxyl groups excluding tert-OH is 1. The van der Waals surface area contributed by atoms with Crippen molar-refractivity contribution < 1.29 is 27.5 Å². The molecule has 2 atom stereocenters. The second-order valence-electron chi connectivity index (χ2n) is 7.72. The van der Waals surface area contributed by atoms with E-state index in [9.17, 15) is 23.1 Å². The van der Waals surface area contributed by atoms with Crippen LogP contribution in [0.5, 0.6) is 5.75 Å². The largest absolute Gasteiger partial charge is 0.489 e. The number of carbonyl (C=O) groups excluding carboxylic acids is 1. The number of ether oxygens (including phenoxy) is 1. The molecule has 1 fully saturated rings. The molecule has 0 saturated carbocycles. The molecule has 2 unspecified atom stereocenters. The van der Waals surface area contributed by atoms with Crippen molar-refractivity contribution in [2.75, 3.05) is 18.1 Å². The van der Waals surface area contributed by atoms with E-state index in [0.29, 0.717) is 29.1 Å². The predicted molar refractivity (Wildman–Crippen MR) is 112 cm³/mol. The zero-order valence-electron chi connectivity index (χ0n) is 16.9. The smallest absolute Gasteiger partial charge is 0.339 e. The Balaban J connectivity index is 1.71. The van der Waals surface area contributed by atoms with Crippen LogP contribution in [0.3, 0.4) is 0 Å². The highest BCUT2D eigenvalue weighted by Gasteiger charge is 2.37. The Hall–Kier alpha value is -2.65. The highest BCUT2D eigenvalue weighted by Crippen LogP contribution is 2.25. The number of amides is 1. The maximum absolute atomic E-state index is 12.5. The number of rotatable bonds is 7. The maximum atomic E-state index is 12.5. The zero-order chi connectivity index (χ0) is 22.1. The van der Waals surface area contributed by atoms with E-state index < -0.39 is 33.5 Å². The van der Waals surface area contributed by atoms with Gasteiger partial charge in [0.2, 0.25) is 5.91 Å². The first kappa shape index (κ1) is 22.0. The fourth-order valence-corrected chi connectivity index (χ4v) is 5.19. The topological polar surface area (TPSA) is 123 Å². The second-order valence-corrected chi connectivity index (χ2v) is 9.87. The van der Waals surface area contributed by atoms with Crippen LogP contribution in [0.1, 0.15) is 24.5 Å². The summed E-state index contributed by atoms with van der Waals surface area (Å²) in [6.45, 7) is 7.77. The lowest BCUT2D eigenvalue weighted by atomic mass is 10.0. The number of sulfone groups is 1. The zero-order valence-corrected chi connectivity index (χ0v) is 17.8. The Bertz CT molecular complexity index is 1150. The van der Waals surface area contributed by atoms with Gasteiger partial charge in [0.05, 0.1) is 23.7 Å². The Morgan fingerprint density at radius 1 is 1.37 bits per heavy atom. The van der Waals surface area contributed by atoms with Gasteiger partial charge >= 0.3 is 5.63 Å². The average molecular weight is 435 g/mol. The molecule has 2 aromatic rings. The summed E-state index contributed by atoms with van der Waals surface area (Å²) < 4.78 is 34.1. The van der Waals surface area contributed by atoms with E-state index >= 15 is 0 Å². The normalized spacial score (nSPS) is 20.2. The van der Waals surface area contributed by atoms with Crippen molar-refractivity contribution in [1.82, 2.24) is 5.32 Å². The van der Waals surface area contributed by atoms with Crippen LogP contribution in [0.25, 0.3) is 11.0 Å². The molecule has 0 aliphatic carbocycles. The first-order chi connectivity index (χ1) is 14.1. The maximum Gasteiger partial charge on any atom is 0.339 e. The number of nitrogens with one attached hydrogen (secondary N) is 1. The molecule has 1 amide bonds. The second kappa shape index (κ2) is 8.61. The summed E-state index contributed by atoms with van der Waals surface area (Å²) in [6, 6.07) is 4.39. The van der Waals surface area contributed by atoms with Crippen LogP contribution in [0.15, 0.2) is 39.6 Å². The molecule has 3 rings (SSSR count). The third-order valence-corrected chi connectivity index (χ3v) is 6.73. The molecule has 8 nitrogen and oxygen atoms in total. The molecule has 1 aromatic heterocycles. The molecule has 1 saturated heterocycles. The molecular weight excluding hydrogens is 410 g/mol. The quantitative estimate of drug-likeness (QED) is 0.496. The molecule has 0 radical (unpaired) electrons. The number of aliphatic hydroxyl groups is 1. The molecule has 2 heterocycles. The summed E-state index contributed by atoms with van der Waals surface area (Å²) >= 11 is 0. The van der Waals surface area contributed by atoms with E-state index in [-0.39, 0.29) is 24.3 Å². The van der Waals surface area contributed by atoms with E-state index in [0.717, 1.165) is 11.0 Å². The summed E-state index contributed by atoms with van der Waals surface area (Å²) in [6.07, 6.45) is -1.01. The van der Waals surface area contributed by atoms with Crippen LogP contribution in [0.2, 0.25) is 0 Å². The number of carbonyl (C=O) groups is 1. The first-order valence-electron chi connectivity index (χ1n) is 9.57. The van der Waals surface area contributed by atoms with Gasteiger partial charge in [0, 0.05) is 23.4 Å². The molecule has 30 heavy (non-hydrogen) atoms. The van der Waals surface area contributed by atoms with Gasteiger partial charge < -0.3 is 19.6 Å². The van der Waals surface area contributed by atoms with Gasteiger partial charge in [0.1, 0.15) is 17.9 Å². The predicted octanol–water partition coefficient (Wildman–Crippen LogP) is 1.26. The lowest BCUT2D eigenvalue weighted by Gasteiger charge is -2.15. The molecule has 1 aliphatic rings. The van der Waals surface area contributed by atoms with Crippen LogP contribution in [0.4, 0.5) is 0 Å². The molecule has 0 bridgehead atoms. The van der Waals surface area contributed by atoms with E-state index in [4.69, 9.17) is 9.15 Å². The highest BCUT2D eigenvalue weighted by molar-refractivity contribution is 7.91. The highest BCUT2D eigenvalue weighted by atomic mass is 32.2. The minimum Gasteiger partial charge on any atom is -0.489 e. The molecule has 1 aliphatic heterocycles. The molecule has 162 valence electrons. The minimum absolute atomic E-state index is 0.0276. The van der Waals surface area contributed by atoms with Crippen LogP contribution >= 0.6 is 0 Å². The van der Waals surface area contributed by atoms with Gasteiger partial charge in [0.15, 0.2) is 9.84 Å². The van der Waals surface area contributed by atoms with E-state index in [1.165, 1.54) is 0 Å². The average Bonchev–Trinajstić information content (AvgIpc) is 2.90. The Kier molecular flexibility index (Phi) is 6.33. The third kappa shape index (κ3) is 5.09. The van der Waals surface area contributed by atoms with E-state index in [2.05, 4.69) is 11.9 Å². The SMILES string of the molecule is C=C(C)COc1ccc2c(C)c(CCC(=O)NC3CS(=O)(=O)CC3O)c(=O)oc2c1. The van der Waals surface area contributed by atoms with Crippen molar-refractivity contribution in [2.24, 2.45) is 0 Å². The monoisotopic (exact) mass is 435 g/mol. The van der Waals surface area contributed by atoms with Crippen LogP contribution in [-0.4, -0.2) is 49.7 Å². The Labute approximate surface area is 174 Å².